The Morgan fingerprint density at radius 2 is 1.96 bits per heavy atom. The first kappa shape index (κ1) is 22.6. The van der Waals surface area contributed by atoms with Crippen molar-refractivity contribution in [2.45, 2.75) is 54.0 Å². The summed E-state index contributed by atoms with van der Waals surface area (Å²) in [5.41, 5.74) is 7.28. The van der Waals surface area contributed by atoms with Crippen LogP contribution in [0.15, 0.2) is 42.1 Å². The predicted molar refractivity (Wildman–Crippen MR) is 124 cm³/mol. The summed E-state index contributed by atoms with van der Waals surface area (Å²) >= 11 is 1.70. The first-order valence-electron chi connectivity index (χ1n) is 10.3. The summed E-state index contributed by atoms with van der Waals surface area (Å²) in [5, 5.41) is 3.14. The van der Waals surface area contributed by atoms with E-state index < -0.39 is 0 Å². The second kappa shape index (κ2) is 10.2. The van der Waals surface area contributed by atoms with Crippen molar-refractivity contribution < 1.29 is 0 Å². The predicted octanol–water partition coefficient (Wildman–Crippen LogP) is 6.12. The molecule has 1 atom stereocenters. The number of nitrogens with one attached hydrogen (secondary N) is 1. The third-order valence-electron chi connectivity index (χ3n) is 4.95. The summed E-state index contributed by atoms with van der Waals surface area (Å²) in [7, 11) is 1.96. The minimum atomic E-state index is 0.378. The molecule has 0 radical (unpaired) electrons. The largest absolute Gasteiger partial charge is 0.375 e. The highest BCUT2D eigenvalue weighted by atomic mass is 32.1. The summed E-state index contributed by atoms with van der Waals surface area (Å²) in [6.07, 6.45) is 2.46. The van der Waals surface area contributed by atoms with Gasteiger partial charge in [0.1, 0.15) is 0 Å². The van der Waals surface area contributed by atoms with Crippen LogP contribution in [0.3, 0.4) is 0 Å². The molecule has 0 saturated carbocycles. The highest BCUT2D eigenvalue weighted by Crippen LogP contribution is 2.29. The lowest BCUT2D eigenvalue weighted by Gasteiger charge is -2.27. The van der Waals surface area contributed by atoms with Crippen LogP contribution in [-0.4, -0.2) is 30.0 Å². The molecule has 1 saturated heterocycles. The fourth-order valence-corrected chi connectivity index (χ4v) is 4.31. The molecule has 4 heteroatoms. The highest BCUT2D eigenvalue weighted by Gasteiger charge is 2.22. The van der Waals surface area contributed by atoms with Gasteiger partial charge in [-0.05, 0) is 49.3 Å². The second-order valence-corrected chi connectivity index (χ2v) is 9.99. The van der Waals surface area contributed by atoms with E-state index in [2.05, 4.69) is 73.7 Å². The topological polar surface area (TPSA) is 28.2 Å². The molecule has 1 aromatic carbocycles. The zero-order valence-corrected chi connectivity index (χ0v) is 19.3. The number of benzene rings is 1. The molecule has 0 aliphatic carbocycles. The van der Waals surface area contributed by atoms with Crippen LogP contribution in [0.25, 0.3) is 10.4 Å². The highest BCUT2D eigenvalue weighted by molar-refractivity contribution is 7.13. The van der Waals surface area contributed by atoms with Crippen molar-refractivity contribution in [1.82, 2.24) is 15.2 Å². The van der Waals surface area contributed by atoms with E-state index in [1.807, 2.05) is 19.5 Å². The van der Waals surface area contributed by atoms with Crippen molar-refractivity contribution in [2.75, 3.05) is 20.1 Å². The molecule has 154 valence electrons. The molecule has 0 spiro atoms. The van der Waals surface area contributed by atoms with E-state index in [4.69, 9.17) is 0 Å². The van der Waals surface area contributed by atoms with Gasteiger partial charge in [-0.3, -0.25) is 0 Å². The van der Waals surface area contributed by atoms with E-state index in [0.29, 0.717) is 5.41 Å². The molecule has 1 aromatic heterocycles. The number of aromatic nitrogens is 1. The standard InChI is InChI=1S/C12H14N2S.C12H23N/c1-9-12(15-8-14-9)11-5-3-10(4-6-11)7-13-2;1-10-6-7-13(9-10)11(2)8-12(3,4)5/h3-6,8,13H,7H2,1-2H3;10H,2,6-9H2,1,3-5H3. The zero-order valence-electron chi connectivity index (χ0n) is 18.5. The smallest absolute Gasteiger partial charge is 0.0801 e. The molecule has 0 amide bonds. The van der Waals surface area contributed by atoms with Crippen LogP contribution in [-0.2, 0) is 6.54 Å². The van der Waals surface area contributed by atoms with Gasteiger partial charge in [0.2, 0.25) is 0 Å². The molecular formula is C24H37N3S. The summed E-state index contributed by atoms with van der Waals surface area (Å²) in [5.74, 6) is 0.858. The van der Waals surface area contributed by atoms with E-state index >= 15 is 0 Å². The van der Waals surface area contributed by atoms with E-state index in [0.717, 1.165) is 24.6 Å². The van der Waals surface area contributed by atoms with Gasteiger partial charge in [-0.25, -0.2) is 4.98 Å². The van der Waals surface area contributed by atoms with Gasteiger partial charge in [0.05, 0.1) is 16.1 Å². The summed E-state index contributed by atoms with van der Waals surface area (Å²) in [6.45, 7) is 18.7. The van der Waals surface area contributed by atoms with Gasteiger partial charge < -0.3 is 10.2 Å². The Labute approximate surface area is 175 Å². The molecule has 28 heavy (non-hydrogen) atoms. The first-order valence-corrected chi connectivity index (χ1v) is 11.1. The van der Waals surface area contributed by atoms with E-state index in [9.17, 15) is 0 Å². The maximum atomic E-state index is 4.26. The lowest BCUT2D eigenvalue weighted by molar-refractivity contribution is 0.324. The number of rotatable bonds is 5. The summed E-state index contributed by atoms with van der Waals surface area (Å²) in [6, 6.07) is 8.64. The van der Waals surface area contributed by atoms with Gasteiger partial charge in [-0.1, -0.05) is 58.5 Å². The van der Waals surface area contributed by atoms with Crippen molar-refractivity contribution in [3.05, 3.63) is 53.3 Å². The molecule has 1 unspecified atom stereocenters. The molecule has 1 fully saturated rings. The lowest BCUT2D eigenvalue weighted by atomic mass is 9.90. The Kier molecular flexibility index (Phi) is 8.26. The molecule has 1 aliphatic rings. The molecule has 2 aromatic rings. The van der Waals surface area contributed by atoms with Crippen LogP contribution >= 0.6 is 11.3 Å². The van der Waals surface area contributed by atoms with Crippen LogP contribution in [0.5, 0.6) is 0 Å². The average Bonchev–Trinajstić information content (AvgIpc) is 3.24. The van der Waals surface area contributed by atoms with Crippen molar-refractivity contribution >= 4 is 11.3 Å². The second-order valence-electron chi connectivity index (χ2n) is 9.14. The van der Waals surface area contributed by atoms with Gasteiger partial charge in [0, 0.05) is 25.3 Å². The molecule has 2 heterocycles. The quantitative estimate of drug-likeness (QED) is 0.657. The van der Waals surface area contributed by atoms with Crippen LogP contribution < -0.4 is 5.32 Å². The van der Waals surface area contributed by atoms with Gasteiger partial charge >= 0.3 is 0 Å². The lowest BCUT2D eigenvalue weighted by Crippen LogP contribution is -2.22. The summed E-state index contributed by atoms with van der Waals surface area (Å²) in [4.78, 5) is 7.98. The zero-order chi connectivity index (χ0) is 20.7. The number of hydrogen-bond acceptors (Lipinski definition) is 4. The molecule has 0 bridgehead atoms. The van der Waals surface area contributed by atoms with Crippen molar-refractivity contribution in [3.8, 4) is 10.4 Å². The van der Waals surface area contributed by atoms with Crippen molar-refractivity contribution in [3.63, 3.8) is 0 Å². The van der Waals surface area contributed by atoms with Gasteiger partial charge in [-0.2, -0.15) is 0 Å². The number of nitrogens with zero attached hydrogens (tertiary/aromatic N) is 2. The molecule has 1 N–H and O–H groups in total. The van der Waals surface area contributed by atoms with Gasteiger partial charge in [0.25, 0.3) is 0 Å². The minimum Gasteiger partial charge on any atom is -0.375 e. The molecular weight excluding hydrogens is 362 g/mol. The van der Waals surface area contributed by atoms with Crippen molar-refractivity contribution in [1.29, 1.82) is 0 Å². The van der Waals surface area contributed by atoms with E-state index in [1.54, 1.807) is 11.3 Å². The average molecular weight is 400 g/mol. The van der Waals surface area contributed by atoms with Gasteiger partial charge in [0.15, 0.2) is 0 Å². The maximum Gasteiger partial charge on any atom is 0.0801 e. The summed E-state index contributed by atoms with van der Waals surface area (Å²) < 4.78 is 0. The van der Waals surface area contributed by atoms with Crippen molar-refractivity contribution in [2.24, 2.45) is 11.3 Å². The third kappa shape index (κ3) is 7.06. The van der Waals surface area contributed by atoms with Gasteiger partial charge in [-0.15, -0.1) is 11.3 Å². The SMILES string of the molecule is C=C(CC(C)(C)C)N1CCC(C)C1.CNCc1ccc(-c2scnc2C)cc1. The number of hydrogen-bond donors (Lipinski definition) is 1. The monoisotopic (exact) mass is 399 g/mol. The number of thiazole rings is 1. The first-order chi connectivity index (χ1) is 13.2. The Hall–Kier alpha value is -1.65. The van der Waals surface area contributed by atoms with Crippen LogP contribution in [0.2, 0.25) is 0 Å². The normalized spacial score (nSPS) is 16.6. The van der Waals surface area contributed by atoms with E-state index in [1.165, 1.54) is 41.2 Å². The Morgan fingerprint density at radius 3 is 2.43 bits per heavy atom. The molecule has 3 rings (SSSR count). The van der Waals surface area contributed by atoms with Crippen LogP contribution in [0.4, 0.5) is 0 Å². The number of aryl methyl sites for hydroxylation is 1. The maximum absolute atomic E-state index is 4.26. The Balaban J connectivity index is 0.000000203. The van der Waals surface area contributed by atoms with Crippen LogP contribution in [0.1, 0.15) is 51.8 Å². The number of allylic oxidation sites excluding steroid dienone is 1. The fourth-order valence-electron chi connectivity index (χ4n) is 3.50. The van der Waals surface area contributed by atoms with Crippen LogP contribution in [0, 0.1) is 18.3 Å². The minimum absolute atomic E-state index is 0.378. The molecule has 1 aliphatic heterocycles. The molecule has 3 nitrogen and oxygen atoms in total. The number of likely N-dealkylation sites (tertiary alicyclic amines) is 1. The third-order valence-corrected chi connectivity index (χ3v) is 5.93. The Bertz CT molecular complexity index is 740. The van der Waals surface area contributed by atoms with E-state index in [-0.39, 0.29) is 0 Å². The Morgan fingerprint density at radius 1 is 1.29 bits per heavy atom. The fraction of sp³-hybridized carbons (Fsp3) is 0.542.